The predicted octanol–water partition coefficient (Wildman–Crippen LogP) is 8.38. The van der Waals surface area contributed by atoms with Crippen molar-refractivity contribution < 1.29 is 0 Å². The molecule has 1 saturated carbocycles. The van der Waals surface area contributed by atoms with Gasteiger partial charge in [-0.05, 0) is 91.7 Å². The number of hydrogen-bond donors (Lipinski definition) is 0. The summed E-state index contributed by atoms with van der Waals surface area (Å²) >= 11 is 0. The fourth-order valence-electron chi connectivity index (χ4n) is 5.26. The standard InChI is InChI=1S/C26H40/c1-4-6-21-7-11-23(12-8-21)25-15-17-26(18-16-25)24-13-9-22(10-14-24)19-20(3)5-2/h13,15-18,20-23H,4-12,14,19H2,1-3H3/t20?,21-,22?,23-. The summed E-state index contributed by atoms with van der Waals surface area (Å²) in [6.07, 6.45) is 17.8. The van der Waals surface area contributed by atoms with Gasteiger partial charge in [0.25, 0.3) is 0 Å². The van der Waals surface area contributed by atoms with Gasteiger partial charge in [-0.3, -0.25) is 0 Å². The van der Waals surface area contributed by atoms with Gasteiger partial charge >= 0.3 is 0 Å². The van der Waals surface area contributed by atoms with Crippen molar-refractivity contribution in [3.05, 3.63) is 41.5 Å². The monoisotopic (exact) mass is 352 g/mol. The van der Waals surface area contributed by atoms with E-state index in [4.69, 9.17) is 0 Å². The van der Waals surface area contributed by atoms with Gasteiger partial charge in [0.15, 0.2) is 0 Å². The summed E-state index contributed by atoms with van der Waals surface area (Å²) in [5.74, 6) is 3.64. The second-order valence-electron chi connectivity index (χ2n) is 9.25. The highest BCUT2D eigenvalue weighted by Crippen LogP contribution is 2.38. The zero-order valence-electron chi connectivity index (χ0n) is 17.5. The number of benzene rings is 1. The van der Waals surface area contributed by atoms with Gasteiger partial charge in [0, 0.05) is 0 Å². The van der Waals surface area contributed by atoms with E-state index in [2.05, 4.69) is 51.1 Å². The summed E-state index contributed by atoms with van der Waals surface area (Å²) in [6, 6.07) is 9.70. The van der Waals surface area contributed by atoms with Crippen LogP contribution in [0.5, 0.6) is 0 Å². The fraction of sp³-hybridized carbons (Fsp3) is 0.692. The molecule has 0 radical (unpaired) electrons. The van der Waals surface area contributed by atoms with Gasteiger partial charge < -0.3 is 0 Å². The first-order valence-corrected chi connectivity index (χ1v) is 11.5. The molecule has 26 heavy (non-hydrogen) atoms. The van der Waals surface area contributed by atoms with Gasteiger partial charge in [-0.15, -0.1) is 0 Å². The van der Waals surface area contributed by atoms with Crippen LogP contribution in [0.15, 0.2) is 30.3 Å². The van der Waals surface area contributed by atoms with Crippen LogP contribution in [0.25, 0.3) is 5.57 Å². The van der Waals surface area contributed by atoms with Crippen LogP contribution in [0, 0.1) is 17.8 Å². The Balaban J connectivity index is 1.54. The van der Waals surface area contributed by atoms with Crippen molar-refractivity contribution in [3.63, 3.8) is 0 Å². The zero-order valence-corrected chi connectivity index (χ0v) is 17.5. The Kier molecular flexibility index (Phi) is 7.41. The molecule has 0 amide bonds. The van der Waals surface area contributed by atoms with Crippen molar-refractivity contribution in [3.8, 4) is 0 Å². The molecular formula is C26H40. The van der Waals surface area contributed by atoms with E-state index in [1.165, 1.54) is 76.2 Å². The van der Waals surface area contributed by atoms with Crippen LogP contribution in [0.2, 0.25) is 0 Å². The number of allylic oxidation sites excluding steroid dienone is 2. The highest BCUT2D eigenvalue weighted by molar-refractivity contribution is 5.66. The number of rotatable bonds is 7. The molecule has 0 N–H and O–H groups in total. The Hall–Kier alpha value is -1.04. The third-order valence-corrected chi connectivity index (χ3v) is 7.25. The summed E-state index contributed by atoms with van der Waals surface area (Å²) in [5.41, 5.74) is 4.67. The van der Waals surface area contributed by atoms with Gasteiger partial charge in [-0.2, -0.15) is 0 Å². The minimum Gasteiger partial charge on any atom is -0.0804 e. The minimum absolute atomic E-state index is 0.817. The lowest BCUT2D eigenvalue weighted by Crippen LogP contribution is -2.13. The second-order valence-corrected chi connectivity index (χ2v) is 9.25. The molecule has 0 aliphatic heterocycles. The lowest BCUT2D eigenvalue weighted by Gasteiger charge is -2.29. The van der Waals surface area contributed by atoms with E-state index in [0.717, 1.165) is 23.7 Å². The first kappa shape index (κ1) is 19.7. The second kappa shape index (κ2) is 9.77. The quantitative estimate of drug-likeness (QED) is 0.462. The van der Waals surface area contributed by atoms with E-state index in [9.17, 15) is 0 Å². The molecule has 2 atom stereocenters. The first-order valence-electron chi connectivity index (χ1n) is 11.5. The Bertz CT molecular complexity index is 556. The maximum Gasteiger partial charge on any atom is -0.0162 e. The molecule has 2 aliphatic rings. The number of hydrogen-bond acceptors (Lipinski definition) is 0. The molecule has 0 spiro atoms. The van der Waals surface area contributed by atoms with E-state index >= 15 is 0 Å². The lowest BCUT2D eigenvalue weighted by molar-refractivity contribution is 0.308. The summed E-state index contributed by atoms with van der Waals surface area (Å²) in [5, 5.41) is 0. The Morgan fingerprint density at radius 1 is 0.923 bits per heavy atom. The molecular weight excluding hydrogens is 312 g/mol. The lowest BCUT2D eigenvalue weighted by atomic mass is 9.77. The molecule has 0 heteroatoms. The topological polar surface area (TPSA) is 0 Å². The fourth-order valence-corrected chi connectivity index (χ4v) is 5.26. The van der Waals surface area contributed by atoms with E-state index in [1.807, 2.05) is 0 Å². The summed E-state index contributed by atoms with van der Waals surface area (Å²) in [4.78, 5) is 0. The van der Waals surface area contributed by atoms with Crippen molar-refractivity contribution in [2.24, 2.45) is 17.8 Å². The smallest absolute Gasteiger partial charge is 0.0162 e. The van der Waals surface area contributed by atoms with Crippen LogP contribution in [0.3, 0.4) is 0 Å². The molecule has 0 bridgehead atoms. The van der Waals surface area contributed by atoms with Crippen LogP contribution in [-0.4, -0.2) is 0 Å². The van der Waals surface area contributed by atoms with Gasteiger partial charge in [-0.25, -0.2) is 0 Å². The van der Waals surface area contributed by atoms with Gasteiger partial charge in [0.2, 0.25) is 0 Å². The molecule has 0 nitrogen and oxygen atoms in total. The third kappa shape index (κ3) is 5.24. The summed E-state index contributed by atoms with van der Waals surface area (Å²) in [7, 11) is 0. The van der Waals surface area contributed by atoms with Crippen LogP contribution in [0.4, 0.5) is 0 Å². The first-order chi connectivity index (χ1) is 12.7. The van der Waals surface area contributed by atoms with E-state index < -0.39 is 0 Å². The van der Waals surface area contributed by atoms with Crippen LogP contribution in [0.1, 0.15) is 108 Å². The molecule has 2 aliphatic carbocycles. The van der Waals surface area contributed by atoms with Crippen molar-refractivity contribution in [2.45, 2.75) is 97.3 Å². The Labute approximate surface area is 162 Å². The van der Waals surface area contributed by atoms with Crippen molar-refractivity contribution in [2.75, 3.05) is 0 Å². The van der Waals surface area contributed by atoms with Crippen LogP contribution in [-0.2, 0) is 0 Å². The van der Waals surface area contributed by atoms with Crippen molar-refractivity contribution in [1.82, 2.24) is 0 Å². The van der Waals surface area contributed by atoms with Crippen LogP contribution >= 0.6 is 0 Å². The average Bonchev–Trinajstić information content (AvgIpc) is 2.69. The molecule has 3 rings (SSSR count). The molecule has 0 aromatic heterocycles. The van der Waals surface area contributed by atoms with E-state index in [-0.39, 0.29) is 0 Å². The molecule has 1 aromatic carbocycles. The molecule has 1 aromatic rings. The summed E-state index contributed by atoms with van der Waals surface area (Å²) < 4.78 is 0. The maximum absolute atomic E-state index is 2.54. The van der Waals surface area contributed by atoms with Gasteiger partial charge in [0.05, 0.1) is 0 Å². The molecule has 2 unspecified atom stereocenters. The van der Waals surface area contributed by atoms with Crippen LogP contribution < -0.4 is 0 Å². The molecule has 1 fully saturated rings. The highest BCUT2D eigenvalue weighted by Gasteiger charge is 2.22. The van der Waals surface area contributed by atoms with Crippen molar-refractivity contribution >= 4 is 5.57 Å². The molecule has 0 saturated heterocycles. The predicted molar refractivity (Wildman–Crippen MR) is 115 cm³/mol. The SMILES string of the molecule is CCC[C@H]1CC[C@H](c2ccc(C3=CCC(CC(C)CC)CC3)cc2)CC1. The van der Waals surface area contributed by atoms with E-state index in [1.54, 1.807) is 11.1 Å². The average molecular weight is 353 g/mol. The van der Waals surface area contributed by atoms with Gasteiger partial charge in [-0.1, -0.05) is 70.4 Å². The van der Waals surface area contributed by atoms with Gasteiger partial charge in [0.1, 0.15) is 0 Å². The zero-order chi connectivity index (χ0) is 18.4. The largest absolute Gasteiger partial charge is 0.0804 e. The van der Waals surface area contributed by atoms with E-state index in [0.29, 0.717) is 0 Å². The molecule has 0 heterocycles. The Morgan fingerprint density at radius 2 is 1.65 bits per heavy atom. The highest BCUT2D eigenvalue weighted by atomic mass is 14.3. The normalized spacial score (nSPS) is 27.8. The molecule has 144 valence electrons. The van der Waals surface area contributed by atoms with Crippen molar-refractivity contribution in [1.29, 1.82) is 0 Å². The Morgan fingerprint density at radius 3 is 2.23 bits per heavy atom. The maximum atomic E-state index is 2.54. The minimum atomic E-state index is 0.817. The summed E-state index contributed by atoms with van der Waals surface area (Å²) in [6.45, 7) is 7.07. The third-order valence-electron chi connectivity index (χ3n) is 7.25.